The number of ether oxygens (including phenoxy) is 1. The van der Waals surface area contributed by atoms with Crippen LogP contribution in [0.4, 0.5) is 5.69 Å². The van der Waals surface area contributed by atoms with Gasteiger partial charge >= 0.3 is 0 Å². The smallest absolute Gasteiger partial charge is 0.275 e. The fourth-order valence-corrected chi connectivity index (χ4v) is 3.79. The van der Waals surface area contributed by atoms with Crippen molar-refractivity contribution in [3.05, 3.63) is 126 Å². The van der Waals surface area contributed by atoms with Crippen LogP contribution in [0.25, 0.3) is 11.0 Å². The third kappa shape index (κ3) is 6.11. The Balaban J connectivity index is 1.11. The predicted octanol–water partition coefficient (Wildman–Crippen LogP) is 6.01. The zero-order chi connectivity index (χ0) is 24.6. The standard InChI is InChI=1S/C30H26N4O2/c35-30(29-21-32-27-8-4-5-9-28(27)34-29)33-24-12-16-26(17-13-24)36-25-14-10-22(11-15-25)18-19-31-20-23-6-2-1-3-7-23/h1-17,21,31H,18-20H2,(H,33,35). The molecule has 0 aliphatic carbocycles. The molecule has 6 nitrogen and oxygen atoms in total. The van der Waals surface area contributed by atoms with E-state index in [4.69, 9.17) is 4.74 Å². The minimum absolute atomic E-state index is 0.268. The molecule has 36 heavy (non-hydrogen) atoms. The van der Waals surface area contributed by atoms with Gasteiger partial charge in [0, 0.05) is 12.2 Å². The lowest BCUT2D eigenvalue weighted by atomic mass is 10.1. The van der Waals surface area contributed by atoms with Gasteiger partial charge in [0.15, 0.2) is 0 Å². The van der Waals surface area contributed by atoms with Crippen LogP contribution in [0.1, 0.15) is 21.6 Å². The van der Waals surface area contributed by atoms with Crippen LogP contribution in [0, 0.1) is 0 Å². The maximum Gasteiger partial charge on any atom is 0.275 e. The molecule has 0 saturated carbocycles. The molecule has 4 aromatic carbocycles. The maximum absolute atomic E-state index is 12.6. The van der Waals surface area contributed by atoms with Crippen molar-refractivity contribution < 1.29 is 9.53 Å². The van der Waals surface area contributed by atoms with Gasteiger partial charge < -0.3 is 15.4 Å². The first-order chi connectivity index (χ1) is 17.7. The van der Waals surface area contributed by atoms with E-state index in [-0.39, 0.29) is 11.6 Å². The second kappa shape index (κ2) is 11.3. The van der Waals surface area contributed by atoms with Crippen molar-refractivity contribution in [2.24, 2.45) is 0 Å². The Labute approximate surface area is 210 Å². The molecule has 5 rings (SSSR count). The van der Waals surface area contributed by atoms with Crippen molar-refractivity contribution >= 4 is 22.6 Å². The van der Waals surface area contributed by atoms with Gasteiger partial charge in [-0.25, -0.2) is 4.98 Å². The quantitative estimate of drug-likeness (QED) is 0.256. The highest BCUT2D eigenvalue weighted by atomic mass is 16.5. The second-order valence-corrected chi connectivity index (χ2v) is 8.38. The van der Waals surface area contributed by atoms with E-state index >= 15 is 0 Å². The van der Waals surface area contributed by atoms with Crippen molar-refractivity contribution in [2.75, 3.05) is 11.9 Å². The largest absolute Gasteiger partial charge is 0.457 e. The fraction of sp³-hybridized carbons (Fsp3) is 0.100. The van der Waals surface area contributed by atoms with Gasteiger partial charge in [-0.2, -0.15) is 0 Å². The molecule has 0 saturated heterocycles. The fourth-order valence-electron chi connectivity index (χ4n) is 3.79. The first-order valence-electron chi connectivity index (χ1n) is 11.9. The number of amides is 1. The first-order valence-corrected chi connectivity index (χ1v) is 11.9. The van der Waals surface area contributed by atoms with Crippen LogP contribution in [-0.2, 0) is 13.0 Å². The normalized spacial score (nSPS) is 10.8. The minimum atomic E-state index is -0.309. The molecule has 0 bridgehead atoms. The monoisotopic (exact) mass is 474 g/mol. The maximum atomic E-state index is 12.6. The highest BCUT2D eigenvalue weighted by Gasteiger charge is 2.10. The van der Waals surface area contributed by atoms with Crippen molar-refractivity contribution in [3.63, 3.8) is 0 Å². The Morgan fingerprint density at radius 3 is 2.14 bits per heavy atom. The van der Waals surface area contributed by atoms with Crippen LogP contribution in [0.2, 0.25) is 0 Å². The summed E-state index contributed by atoms with van der Waals surface area (Å²) in [5.41, 5.74) is 4.89. The molecule has 1 aromatic heterocycles. The van der Waals surface area contributed by atoms with E-state index in [2.05, 4.69) is 57.0 Å². The number of hydrogen-bond donors (Lipinski definition) is 2. The molecular formula is C30H26N4O2. The Morgan fingerprint density at radius 1 is 0.722 bits per heavy atom. The van der Waals surface area contributed by atoms with E-state index in [1.165, 1.54) is 17.3 Å². The predicted molar refractivity (Wildman–Crippen MR) is 142 cm³/mol. The molecule has 0 radical (unpaired) electrons. The summed E-state index contributed by atoms with van der Waals surface area (Å²) in [6.45, 7) is 1.78. The number of carbonyl (C=O) groups excluding carboxylic acids is 1. The van der Waals surface area contributed by atoms with Gasteiger partial charge in [0.1, 0.15) is 17.2 Å². The summed E-state index contributed by atoms with van der Waals surface area (Å²) >= 11 is 0. The van der Waals surface area contributed by atoms with Gasteiger partial charge in [-0.15, -0.1) is 0 Å². The number of benzene rings is 4. The van der Waals surface area contributed by atoms with Crippen LogP contribution in [0.3, 0.4) is 0 Å². The number of rotatable bonds is 9. The summed E-state index contributed by atoms with van der Waals surface area (Å²) in [7, 11) is 0. The number of hydrogen-bond acceptors (Lipinski definition) is 5. The van der Waals surface area contributed by atoms with E-state index in [1.54, 1.807) is 12.1 Å². The number of nitrogens with zero attached hydrogens (tertiary/aromatic N) is 2. The molecule has 6 heteroatoms. The van der Waals surface area contributed by atoms with Gasteiger partial charge in [-0.05, 0) is 72.6 Å². The van der Waals surface area contributed by atoms with Gasteiger partial charge in [0.05, 0.1) is 17.2 Å². The average Bonchev–Trinajstić information content (AvgIpc) is 2.93. The Kier molecular flexibility index (Phi) is 7.25. The first kappa shape index (κ1) is 23.2. The molecule has 0 atom stereocenters. The number of fused-ring (bicyclic) bond motifs is 1. The summed E-state index contributed by atoms with van der Waals surface area (Å²) in [6.07, 6.45) is 2.43. The molecule has 0 unspecified atom stereocenters. The Morgan fingerprint density at radius 2 is 1.39 bits per heavy atom. The second-order valence-electron chi connectivity index (χ2n) is 8.38. The highest BCUT2D eigenvalue weighted by Crippen LogP contribution is 2.24. The molecule has 0 spiro atoms. The average molecular weight is 475 g/mol. The summed E-state index contributed by atoms with van der Waals surface area (Å²) in [5.74, 6) is 1.14. The molecule has 0 aliphatic rings. The lowest BCUT2D eigenvalue weighted by Gasteiger charge is -2.09. The van der Waals surface area contributed by atoms with E-state index in [0.717, 1.165) is 30.8 Å². The number of carbonyl (C=O) groups is 1. The van der Waals surface area contributed by atoms with Gasteiger partial charge in [0.2, 0.25) is 0 Å². The van der Waals surface area contributed by atoms with Crippen molar-refractivity contribution in [1.29, 1.82) is 0 Å². The topological polar surface area (TPSA) is 76.1 Å². The molecule has 1 heterocycles. The van der Waals surface area contributed by atoms with Crippen molar-refractivity contribution in [1.82, 2.24) is 15.3 Å². The van der Waals surface area contributed by atoms with Crippen LogP contribution in [0.5, 0.6) is 11.5 Å². The SMILES string of the molecule is O=C(Nc1ccc(Oc2ccc(CCNCc3ccccc3)cc2)cc1)c1cnc2ccccc2n1. The van der Waals surface area contributed by atoms with E-state index < -0.39 is 0 Å². The lowest BCUT2D eigenvalue weighted by molar-refractivity contribution is 0.102. The third-order valence-electron chi connectivity index (χ3n) is 5.71. The zero-order valence-corrected chi connectivity index (χ0v) is 19.7. The summed E-state index contributed by atoms with van der Waals surface area (Å²) in [6, 6.07) is 33.2. The van der Waals surface area contributed by atoms with Gasteiger partial charge in [-0.1, -0.05) is 54.6 Å². The summed E-state index contributed by atoms with van der Waals surface area (Å²) < 4.78 is 5.96. The van der Waals surface area contributed by atoms with Crippen molar-refractivity contribution in [3.8, 4) is 11.5 Å². The van der Waals surface area contributed by atoms with Crippen LogP contribution < -0.4 is 15.4 Å². The summed E-state index contributed by atoms with van der Waals surface area (Å²) in [5, 5.41) is 6.33. The molecule has 1 amide bonds. The zero-order valence-electron chi connectivity index (χ0n) is 19.7. The lowest BCUT2D eigenvalue weighted by Crippen LogP contribution is -2.16. The number of para-hydroxylation sites is 2. The number of anilines is 1. The van der Waals surface area contributed by atoms with Crippen LogP contribution in [-0.4, -0.2) is 22.4 Å². The van der Waals surface area contributed by atoms with Crippen LogP contribution in [0.15, 0.2) is 109 Å². The van der Waals surface area contributed by atoms with Crippen LogP contribution >= 0.6 is 0 Å². The molecule has 0 aliphatic heterocycles. The molecular weight excluding hydrogens is 448 g/mol. The third-order valence-corrected chi connectivity index (χ3v) is 5.71. The highest BCUT2D eigenvalue weighted by molar-refractivity contribution is 6.03. The Bertz CT molecular complexity index is 1440. The van der Waals surface area contributed by atoms with Gasteiger partial charge in [0.25, 0.3) is 5.91 Å². The summed E-state index contributed by atoms with van der Waals surface area (Å²) in [4.78, 5) is 21.3. The molecule has 0 fully saturated rings. The molecule has 5 aromatic rings. The minimum Gasteiger partial charge on any atom is -0.457 e. The van der Waals surface area contributed by atoms with E-state index in [0.29, 0.717) is 17.0 Å². The van der Waals surface area contributed by atoms with E-state index in [1.807, 2.05) is 54.6 Å². The number of nitrogens with one attached hydrogen (secondary N) is 2. The Hall–Kier alpha value is -4.55. The van der Waals surface area contributed by atoms with E-state index in [9.17, 15) is 4.79 Å². The number of aromatic nitrogens is 2. The van der Waals surface area contributed by atoms with Crippen molar-refractivity contribution in [2.45, 2.75) is 13.0 Å². The molecule has 178 valence electrons. The molecule has 2 N–H and O–H groups in total. The van der Waals surface area contributed by atoms with Gasteiger partial charge in [-0.3, -0.25) is 9.78 Å².